The quantitative estimate of drug-likeness (QED) is 0.469. The van der Waals surface area contributed by atoms with Crippen LogP contribution in [-0.4, -0.2) is 25.2 Å². The van der Waals surface area contributed by atoms with Crippen LogP contribution in [0.15, 0.2) is 0 Å². The summed E-state index contributed by atoms with van der Waals surface area (Å²) in [6.45, 7) is -0.475. The third-order valence-electron chi connectivity index (χ3n) is 0.702. The van der Waals surface area contributed by atoms with Crippen molar-refractivity contribution in [1.82, 2.24) is 0 Å². The fourth-order valence-electron chi connectivity index (χ4n) is 0.362. The van der Waals surface area contributed by atoms with Gasteiger partial charge in [0.2, 0.25) is 0 Å². The van der Waals surface area contributed by atoms with Crippen LogP contribution in [0.4, 0.5) is 0 Å². The van der Waals surface area contributed by atoms with E-state index >= 15 is 0 Å². The Morgan fingerprint density at radius 1 is 1.00 bits per heavy atom. The highest BCUT2D eigenvalue weighted by Crippen LogP contribution is 1.90. The van der Waals surface area contributed by atoms with Gasteiger partial charge < -0.3 is 9.47 Å². The highest BCUT2D eigenvalue weighted by Gasteiger charge is 2.16. The number of ether oxygens (including phenoxy) is 2. The lowest BCUT2D eigenvalue weighted by atomic mass is 10.6. The highest BCUT2D eigenvalue weighted by molar-refractivity contribution is 15.0. The van der Waals surface area contributed by atoms with Gasteiger partial charge in [0.05, 0.1) is 0 Å². The second kappa shape index (κ2) is 6.13. The second-order valence-electron chi connectivity index (χ2n) is 1.32. The van der Waals surface area contributed by atoms with Gasteiger partial charge in [0.1, 0.15) is 0 Å². The van der Waals surface area contributed by atoms with E-state index in [4.69, 9.17) is 0 Å². The number of cyclic esters (lactones) is 2. The standard InChI is InChI=1S/C4H4O4.I2/c5-3-1-7-4(6)2-8-3;1-2/h1-2H2;. The zero-order chi connectivity index (χ0) is 7.98. The molecule has 0 saturated carbocycles. The summed E-state index contributed by atoms with van der Waals surface area (Å²) in [4.78, 5) is 20.2. The summed E-state index contributed by atoms with van der Waals surface area (Å²) in [5.74, 6) is -0.964. The smallest absolute Gasteiger partial charge is 0.344 e. The molecule has 0 atom stereocenters. The predicted molar refractivity (Wildman–Crippen MR) is 50.0 cm³/mol. The van der Waals surface area contributed by atoms with E-state index in [1.54, 1.807) is 0 Å². The van der Waals surface area contributed by atoms with E-state index in [2.05, 4.69) is 46.7 Å². The Hall–Kier alpha value is 0.400. The van der Waals surface area contributed by atoms with Crippen molar-refractivity contribution in [2.75, 3.05) is 13.2 Å². The molecule has 1 rings (SSSR count). The molecule has 1 heterocycles. The van der Waals surface area contributed by atoms with E-state index in [9.17, 15) is 9.59 Å². The first-order chi connectivity index (χ1) is 4.79. The molecule has 0 radical (unpaired) electrons. The minimum atomic E-state index is -0.482. The first-order valence-electron chi connectivity index (χ1n) is 2.24. The van der Waals surface area contributed by atoms with E-state index in [1.165, 1.54) is 0 Å². The SMILES string of the molecule is II.O=C1COC(=O)CO1. The van der Waals surface area contributed by atoms with Gasteiger partial charge in [-0.05, 0) is 0 Å². The Morgan fingerprint density at radius 3 is 1.50 bits per heavy atom. The third-order valence-corrected chi connectivity index (χ3v) is 0.702. The number of halogens is 2. The minimum absolute atomic E-state index is 0.237. The minimum Gasteiger partial charge on any atom is -0.451 e. The Kier molecular flexibility index (Phi) is 6.38. The van der Waals surface area contributed by atoms with Gasteiger partial charge >= 0.3 is 11.9 Å². The summed E-state index contributed by atoms with van der Waals surface area (Å²) in [6.07, 6.45) is 0. The molecule has 1 saturated heterocycles. The van der Waals surface area contributed by atoms with Crippen LogP contribution in [-0.2, 0) is 19.1 Å². The van der Waals surface area contributed by atoms with Gasteiger partial charge in [-0.15, -0.1) is 0 Å². The van der Waals surface area contributed by atoms with Gasteiger partial charge in [-0.25, -0.2) is 9.59 Å². The van der Waals surface area contributed by atoms with Crippen LogP contribution in [0, 0.1) is 0 Å². The monoisotopic (exact) mass is 370 g/mol. The van der Waals surface area contributed by atoms with Crippen LogP contribution in [0.25, 0.3) is 0 Å². The normalized spacial score (nSPS) is 16.2. The van der Waals surface area contributed by atoms with Crippen molar-refractivity contribution in [1.29, 1.82) is 0 Å². The number of hydrogen-bond acceptors (Lipinski definition) is 4. The van der Waals surface area contributed by atoms with Crippen molar-refractivity contribution in [2.24, 2.45) is 0 Å². The number of esters is 2. The van der Waals surface area contributed by atoms with E-state index in [0.29, 0.717) is 0 Å². The summed E-state index contributed by atoms with van der Waals surface area (Å²) in [5, 5.41) is 0. The van der Waals surface area contributed by atoms with Gasteiger partial charge in [-0.1, -0.05) is 0 Å². The lowest BCUT2D eigenvalue weighted by Crippen LogP contribution is -2.27. The van der Waals surface area contributed by atoms with Crippen molar-refractivity contribution in [3.63, 3.8) is 0 Å². The Bertz CT molecular complexity index is 107. The van der Waals surface area contributed by atoms with Crippen molar-refractivity contribution in [2.45, 2.75) is 0 Å². The molecule has 0 aliphatic carbocycles. The van der Waals surface area contributed by atoms with Crippen LogP contribution in [0.2, 0.25) is 0 Å². The molecular formula is C4H4I2O4. The van der Waals surface area contributed by atoms with E-state index in [1.807, 2.05) is 0 Å². The molecule has 4 nitrogen and oxygen atoms in total. The molecule has 0 N–H and O–H groups in total. The number of carbonyl (C=O) groups is 2. The van der Waals surface area contributed by atoms with E-state index in [0.717, 1.165) is 0 Å². The molecule has 1 aliphatic rings. The predicted octanol–water partition coefficient (Wildman–Crippen LogP) is 0.858. The van der Waals surface area contributed by atoms with Crippen molar-refractivity contribution >= 4 is 49.2 Å². The van der Waals surface area contributed by atoms with E-state index < -0.39 is 11.9 Å². The lowest BCUT2D eigenvalue weighted by molar-refractivity contribution is -0.174. The zero-order valence-corrected chi connectivity index (χ0v) is 9.12. The van der Waals surface area contributed by atoms with E-state index in [-0.39, 0.29) is 13.2 Å². The summed E-state index contributed by atoms with van der Waals surface area (Å²) < 4.78 is 8.55. The zero-order valence-electron chi connectivity index (χ0n) is 4.80. The van der Waals surface area contributed by atoms with Gasteiger partial charge in [0, 0.05) is 37.2 Å². The first kappa shape index (κ1) is 10.4. The van der Waals surface area contributed by atoms with Crippen LogP contribution < -0.4 is 0 Å². The Labute approximate surface area is 80.9 Å². The molecule has 0 spiro atoms. The molecule has 10 heavy (non-hydrogen) atoms. The highest BCUT2D eigenvalue weighted by atomic mass is 128. The number of hydrogen-bond donors (Lipinski definition) is 0. The summed E-state index contributed by atoms with van der Waals surface area (Å²) in [6, 6.07) is 0. The number of carbonyl (C=O) groups excluding carboxylic acids is 2. The lowest BCUT2D eigenvalue weighted by Gasteiger charge is -2.09. The van der Waals surface area contributed by atoms with Crippen molar-refractivity contribution in [3.8, 4) is 0 Å². The molecule has 0 unspecified atom stereocenters. The Balaban J connectivity index is 0.000000371. The summed E-state index contributed by atoms with van der Waals surface area (Å²) in [7, 11) is 0. The van der Waals surface area contributed by atoms with Crippen LogP contribution in [0.5, 0.6) is 0 Å². The van der Waals surface area contributed by atoms with Crippen molar-refractivity contribution in [3.05, 3.63) is 0 Å². The molecule has 0 aromatic rings. The summed E-state index contributed by atoms with van der Waals surface area (Å²) >= 11 is 4.24. The van der Waals surface area contributed by atoms with Gasteiger partial charge in [-0.3, -0.25) is 0 Å². The molecule has 0 aromatic carbocycles. The maximum absolute atomic E-state index is 10.1. The molecule has 6 heteroatoms. The topological polar surface area (TPSA) is 52.6 Å². The fourth-order valence-corrected chi connectivity index (χ4v) is 0.362. The molecule has 1 fully saturated rings. The summed E-state index contributed by atoms with van der Waals surface area (Å²) in [5.41, 5.74) is 0. The maximum Gasteiger partial charge on any atom is 0.344 e. The number of rotatable bonds is 0. The second-order valence-corrected chi connectivity index (χ2v) is 1.32. The molecule has 0 bridgehead atoms. The average molecular weight is 370 g/mol. The fraction of sp³-hybridized carbons (Fsp3) is 0.500. The molecule has 0 aromatic heterocycles. The molecule has 58 valence electrons. The molecular weight excluding hydrogens is 366 g/mol. The molecule has 0 amide bonds. The average Bonchev–Trinajstić information content (AvgIpc) is 2.00. The van der Waals surface area contributed by atoms with Gasteiger partial charge in [-0.2, -0.15) is 0 Å². The largest absolute Gasteiger partial charge is 0.451 e. The first-order valence-corrected chi connectivity index (χ1v) is 8.53. The van der Waals surface area contributed by atoms with Crippen LogP contribution >= 0.6 is 37.2 Å². The third kappa shape index (κ3) is 4.25. The molecule has 1 aliphatic heterocycles. The van der Waals surface area contributed by atoms with Gasteiger partial charge in [0.15, 0.2) is 13.2 Å². The van der Waals surface area contributed by atoms with Crippen LogP contribution in [0.3, 0.4) is 0 Å². The van der Waals surface area contributed by atoms with Gasteiger partial charge in [0.25, 0.3) is 0 Å². The van der Waals surface area contributed by atoms with Crippen LogP contribution in [0.1, 0.15) is 0 Å². The Morgan fingerprint density at radius 2 is 1.30 bits per heavy atom. The van der Waals surface area contributed by atoms with Crippen molar-refractivity contribution < 1.29 is 19.1 Å². The maximum atomic E-state index is 10.1.